The van der Waals surface area contributed by atoms with Crippen LogP contribution in [0.2, 0.25) is 5.02 Å². The van der Waals surface area contributed by atoms with Crippen LogP contribution >= 0.6 is 11.6 Å². The number of amides is 3. The van der Waals surface area contributed by atoms with Crippen molar-refractivity contribution in [3.8, 4) is 5.75 Å². The lowest BCUT2D eigenvalue weighted by Crippen LogP contribution is -2.54. The molecule has 3 amide bonds. The summed E-state index contributed by atoms with van der Waals surface area (Å²) >= 11 is 6.11. The topological polar surface area (TPSA) is 96.0 Å². The predicted molar refractivity (Wildman–Crippen MR) is 157 cm³/mol. The first-order chi connectivity index (χ1) is 19.9. The number of ether oxygens (including phenoxy) is 1. The highest BCUT2D eigenvalue weighted by molar-refractivity contribution is 6.52. The lowest BCUT2D eigenvalue weighted by Gasteiger charge is -2.37. The smallest absolute Gasteiger partial charge is 0.299 e. The van der Waals surface area contributed by atoms with Crippen LogP contribution in [0.25, 0.3) is 0 Å². The standard InChI is InChI=1S/C32H30ClN3O5/c1-41-25-17-15-24(16-18-25)34-31(39)29(22-7-3-2-4-8-22)36(19-21-11-13-23(33)14-12-21)28(37)20-35-27-10-6-5-9-26(27)30(38)32(35)40/h2-3,5-6,9-18,22,29H,4,7-8,19-20H2,1H3,(H,34,39). The van der Waals surface area contributed by atoms with Gasteiger partial charge in [0, 0.05) is 17.3 Å². The van der Waals surface area contributed by atoms with E-state index >= 15 is 0 Å². The lowest BCUT2D eigenvalue weighted by molar-refractivity contribution is -0.140. The van der Waals surface area contributed by atoms with E-state index in [9.17, 15) is 19.2 Å². The van der Waals surface area contributed by atoms with E-state index in [4.69, 9.17) is 16.3 Å². The van der Waals surface area contributed by atoms with E-state index in [1.807, 2.05) is 18.2 Å². The predicted octanol–water partition coefficient (Wildman–Crippen LogP) is 5.27. The van der Waals surface area contributed by atoms with Gasteiger partial charge in [0.25, 0.3) is 11.7 Å². The van der Waals surface area contributed by atoms with E-state index in [0.717, 1.165) is 12.0 Å². The molecular weight excluding hydrogens is 542 g/mol. The molecule has 2 unspecified atom stereocenters. The van der Waals surface area contributed by atoms with Crippen molar-refractivity contribution in [2.45, 2.75) is 31.8 Å². The molecule has 0 aromatic heterocycles. The van der Waals surface area contributed by atoms with Crippen molar-refractivity contribution < 1.29 is 23.9 Å². The third-order valence-corrected chi connectivity index (χ3v) is 7.73. The fourth-order valence-electron chi connectivity index (χ4n) is 5.36. The molecule has 1 heterocycles. The second-order valence-corrected chi connectivity index (χ2v) is 10.5. The zero-order chi connectivity index (χ0) is 28.9. The van der Waals surface area contributed by atoms with Crippen molar-refractivity contribution in [2.24, 2.45) is 5.92 Å². The Bertz CT molecular complexity index is 1490. The van der Waals surface area contributed by atoms with Crippen molar-refractivity contribution in [3.05, 3.63) is 101 Å². The van der Waals surface area contributed by atoms with Crippen LogP contribution in [0.15, 0.2) is 84.9 Å². The minimum absolute atomic E-state index is 0.120. The largest absolute Gasteiger partial charge is 0.497 e. The fraction of sp³-hybridized carbons (Fsp3) is 0.250. The van der Waals surface area contributed by atoms with E-state index < -0.39 is 23.6 Å². The molecule has 5 rings (SSSR count). The Balaban J connectivity index is 1.49. The number of benzene rings is 3. The van der Waals surface area contributed by atoms with Gasteiger partial charge in [-0.1, -0.05) is 48.0 Å². The number of nitrogens with zero attached hydrogens (tertiary/aromatic N) is 2. The van der Waals surface area contributed by atoms with Gasteiger partial charge in [-0.25, -0.2) is 0 Å². The Morgan fingerprint density at radius 3 is 2.44 bits per heavy atom. The molecule has 0 bridgehead atoms. The third-order valence-electron chi connectivity index (χ3n) is 7.48. The Morgan fingerprint density at radius 2 is 1.76 bits per heavy atom. The minimum Gasteiger partial charge on any atom is -0.497 e. The Kier molecular flexibility index (Phi) is 8.50. The molecule has 1 aliphatic carbocycles. The molecule has 0 spiro atoms. The normalized spacial score (nSPS) is 16.7. The van der Waals surface area contributed by atoms with Gasteiger partial charge in [0.1, 0.15) is 18.3 Å². The first-order valence-electron chi connectivity index (χ1n) is 13.4. The van der Waals surface area contributed by atoms with Gasteiger partial charge in [0.05, 0.1) is 18.4 Å². The number of halogens is 1. The van der Waals surface area contributed by atoms with Gasteiger partial charge >= 0.3 is 0 Å². The van der Waals surface area contributed by atoms with Crippen LogP contribution in [0.1, 0.15) is 35.2 Å². The van der Waals surface area contributed by atoms with Crippen LogP contribution in [0.5, 0.6) is 5.75 Å². The van der Waals surface area contributed by atoms with Crippen molar-refractivity contribution in [1.82, 2.24) is 4.90 Å². The highest BCUT2D eigenvalue weighted by Crippen LogP contribution is 2.31. The van der Waals surface area contributed by atoms with E-state index in [1.54, 1.807) is 67.8 Å². The molecule has 0 fully saturated rings. The highest BCUT2D eigenvalue weighted by atomic mass is 35.5. The second kappa shape index (κ2) is 12.4. The second-order valence-electron chi connectivity index (χ2n) is 10.1. The van der Waals surface area contributed by atoms with Crippen LogP contribution in [0.4, 0.5) is 11.4 Å². The van der Waals surface area contributed by atoms with Crippen molar-refractivity contribution in [3.63, 3.8) is 0 Å². The number of Topliss-reactive ketones (excluding diaryl/α,β-unsaturated/α-hetero) is 1. The Labute approximate surface area is 243 Å². The number of nitrogens with one attached hydrogen (secondary N) is 1. The van der Waals surface area contributed by atoms with E-state index in [-0.39, 0.29) is 30.5 Å². The number of fused-ring (bicyclic) bond motifs is 1. The van der Waals surface area contributed by atoms with Gasteiger partial charge in [-0.3, -0.25) is 24.1 Å². The minimum atomic E-state index is -0.839. The zero-order valence-corrected chi connectivity index (χ0v) is 23.3. The molecule has 3 aromatic rings. The van der Waals surface area contributed by atoms with Gasteiger partial charge in [0.15, 0.2) is 0 Å². The summed E-state index contributed by atoms with van der Waals surface area (Å²) in [5.74, 6) is -1.68. The summed E-state index contributed by atoms with van der Waals surface area (Å²) in [6.45, 7) is -0.251. The first kappa shape index (κ1) is 28.1. The number of anilines is 2. The van der Waals surface area contributed by atoms with Crippen LogP contribution in [-0.4, -0.2) is 48.1 Å². The molecule has 0 saturated heterocycles. The maximum Gasteiger partial charge on any atom is 0.299 e. The van der Waals surface area contributed by atoms with Gasteiger partial charge in [-0.2, -0.15) is 0 Å². The van der Waals surface area contributed by atoms with Crippen LogP contribution in [0, 0.1) is 5.92 Å². The molecule has 210 valence electrons. The zero-order valence-electron chi connectivity index (χ0n) is 22.6. The Morgan fingerprint density at radius 1 is 1.02 bits per heavy atom. The van der Waals surface area contributed by atoms with Crippen molar-refractivity contribution in [2.75, 3.05) is 23.9 Å². The molecule has 3 aromatic carbocycles. The molecule has 1 N–H and O–H groups in total. The van der Waals surface area contributed by atoms with Crippen LogP contribution < -0.4 is 15.0 Å². The molecule has 41 heavy (non-hydrogen) atoms. The maximum absolute atomic E-state index is 14.1. The average molecular weight is 572 g/mol. The van der Waals surface area contributed by atoms with Gasteiger partial charge in [-0.05, 0) is 79.3 Å². The number of methoxy groups -OCH3 is 1. The third kappa shape index (κ3) is 6.18. The monoisotopic (exact) mass is 571 g/mol. The molecule has 2 atom stereocenters. The fourth-order valence-corrected chi connectivity index (χ4v) is 5.49. The van der Waals surface area contributed by atoms with Gasteiger partial charge in [-0.15, -0.1) is 0 Å². The van der Waals surface area contributed by atoms with Crippen molar-refractivity contribution >= 4 is 46.5 Å². The number of carbonyl (C=O) groups excluding carboxylic acids is 4. The van der Waals surface area contributed by atoms with Crippen molar-refractivity contribution in [1.29, 1.82) is 0 Å². The number of rotatable bonds is 9. The van der Waals surface area contributed by atoms with Crippen LogP contribution in [-0.2, 0) is 20.9 Å². The van der Waals surface area contributed by atoms with Crippen LogP contribution in [0.3, 0.4) is 0 Å². The summed E-state index contributed by atoms with van der Waals surface area (Å²) in [6, 6.07) is 19.8. The van der Waals surface area contributed by atoms with E-state index in [2.05, 4.69) is 11.4 Å². The summed E-state index contributed by atoms with van der Waals surface area (Å²) in [6.07, 6.45) is 6.23. The first-order valence-corrected chi connectivity index (χ1v) is 13.8. The summed E-state index contributed by atoms with van der Waals surface area (Å²) < 4.78 is 5.23. The van der Waals surface area contributed by atoms with Gasteiger partial charge in [0.2, 0.25) is 11.8 Å². The molecule has 8 nitrogen and oxygen atoms in total. The number of carbonyl (C=O) groups is 4. The summed E-state index contributed by atoms with van der Waals surface area (Å²) in [5, 5.41) is 3.53. The molecule has 0 saturated carbocycles. The van der Waals surface area contributed by atoms with E-state index in [0.29, 0.717) is 35.0 Å². The quantitative estimate of drug-likeness (QED) is 0.279. The summed E-state index contributed by atoms with van der Waals surface area (Å²) in [5.41, 5.74) is 2.00. The number of hydrogen-bond donors (Lipinski definition) is 1. The lowest BCUT2D eigenvalue weighted by atomic mass is 9.85. The van der Waals surface area contributed by atoms with Gasteiger partial charge < -0.3 is 15.0 Å². The highest BCUT2D eigenvalue weighted by Gasteiger charge is 2.41. The molecule has 0 radical (unpaired) electrons. The number of hydrogen-bond acceptors (Lipinski definition) is 5. The molecule has 1 aliphatic heterocycles. The Hall–Kier alpha value is -4.43. The summed E-state index contributed by atoms with van der Waals surface area (Å²) in [4.78, 5) is 56.4. The average Bonchev–Trinajstić information content (AvgIpc) is 3.23. The maximum atomic E-state index is 14.1. The molecule has 9 heteroatoms. The SMILES string of the molecule is COc1ccc(NC(=O)C(C2CC=CCC2)N(Cc2ccc(Cl)cc2)C(=O)CN2C(=O)C(=O)c3ccccc32)cc1. The number of para-hydroxylation sites is 1. The van der Waals surface area contributed by atoms with E-state index in [1.165, 1.54) is 9.80 Å². The molecular formula is C32H30ClN3O5. The number of ketones is 1. The number of allylic oxidation sites excluding steroid dienone is 2. The summed E-state index contributed by atoms with van der Waals surface area (Å²) in [7, 11) is 1.57. The molecule has 2 aliphatic rings.